The van der Waals surface area contributed by atoms with Gasteiger partial charge in [-0.2, -0.15) is 36.3 Å². The van der Waals surface area contributed by atoms with Crippen LogP contribution in [0.2, 0.25) is 5.02 Å². The van der Waals surface area contributed by atoms with Gasteiger partial charge in [0.25, 0.3) is 0 Å². The average molecular weight is 647 g/mol. The van der Waals surface area contributed by atoms with Crippen molar-refractivity contribution in [1.82, 2.24) is 30.2 Å². The predicted octanol–water partition coefficient (Wildman–Crippen LogP) is 4.26. The maximum absolute atomic E-state index is 14.9. The molecule has 0 amide bonds. The Kier molecular flexibility index (Phi) is 8.13. The molecule has 0 spiro atoms. The van der Waals surface area contributed by atoms with Gasteiger partial charge in [0.05, 0.1) is 35.7 Å². The molecule has 3 aromatic rings. The van der Waals surface area contributed by atoms with Crippen LogP contribution in [0.25, 0.3) is 22.3 Å². The summed E-state index contributed by atoms with van der Waals surface area (Å²) < 4.78 is 98.3. The molecule has 1 aliphatic carbocycles. The van der Waals surface area contributed by atoms with Gasteiger partial charge < -0.3 is 25.4 Å². The first-order valence-electron chi connectivity index (χ1n) is 14.0. The highest BCUT2D eigenvalue weighted by Crippen LogP contribution is 2.48. The molecule has 3 fully saturated rings. The Labute approximate surface area is 252 Å². The first-order valence-corrected chi connectivity index (χ1v) is 14.4. The van der Waals surface area contributed by atoms with Crippen LogP contribution in [0, 0.1) is 5.41 Å². The highest BCUT2D eigenvalue weighted by molar-refractivity contribution is 6.32. The molecule has 0 unspecified atom stereocenters. The Morgan fingerprint density at radius 1 is 0.955 bits per heavy atom. The number of pyridine rings is 2. The molecule has 0 bridgehead atoms. The molecule has 0 atom stereocenters. The van der Waals surface area contributed by atoms with Gasteiger partial charge in [0.15, 0.2) is 0 Å². The van der Waals surface area contributed by atoms with Crippen LogP contribution >= 0.6 is 11.6 Å². The van der Waals surface area contributed by atoms with E-state index in [2.05, 4.69) is 30.2 Å². The molecule has 5 heterocycles. The molecule has 2 saturated heterocycles. The third kappa shape index (κ3) is 6.30. The zero-order valence-corrected chi connectivity index (χ0v) is 24.1. The van der Waals surface area contributed by atoms with Crippen molar-refractivity contribution in [2.24, 2.45) is 5.41 Å². The van der Waals surface area contributed by atoms with Crippen LogP contribution in [0.15, 0.2) is 12.3 Å². The minimum atomic E-state index is -5.20. The van der Waals surface area contributed by atoms with Crippen molar-refractivity contribution in [3.05, 3.63) is 28.4 Å². The van der Waals surface area contributed by atoms with Gasteiger partial charge >= 0.3 is 18.4 Å². The number of aromatic nitrogens is 4. The molecule has 3 N–H and O–H groups in total. The van der Waals surface area contributed by atoms with Gasteiger partial charge in [0, 0.05) is 57.4 Å². The van der Waals surface area contributed by atoms with Gasteiger partial charge in [-0.25, -0.2) is 4.98 Å². The topological polar surface area (TPSA) is 115 Å². The molecule has 17 heteroatoms. The van der Waals surface area contributed by atoms with E-state index in [4.69, 9.17) is 26.8 Å². The summed E-state index contributed by atoms with van der Waals surface area (Å²) in [4.78, 5) is 20.2. The molecule has 6 rings (SSSR count). The molecule has 10 nitrogen and oxygen atoms in total. The van der Waals surface area contributed by atoms with E-state index in [-0.39, 0.29) is 29.2 Å². The van der Waals surface area contributed by atoms with Crippen molar-refractivity contribution in [3.8, 4) is 17.4 Å². The lowest BCUT2D eigenvalue weighted by Gasteiger charge is -2.31. The normalized spacial score (nSPS) is 19.4. The average Bonchev–Trinajstić information content (AvgIpc) is 3.73. The number of nitrogen functional groups attached to an aromatic ring is 1. The Bertz CT molecular complexity index is 1540. The van der Waals surface area contributed by atoms with Crippen LogP contribution in [-0.2, 0) is 17.1 Å². The number of halogens is 7. The highest BCUT2D eigenvalue weighted by atomic mass is 35.5. The SMILES string of the molecule is Nc1cc(Cl)c(C(F)(F)F)c(-c2ncc3c(N4CCNCC4)nc(OCC4(CN5CCOCC5)CC4)nc3c2C(F)(F)F)n1. The predicted molar refractivity (Wildman–Crippen MR) is 149 cm³/mol. The fraction of sp³-hybridized carbons (Fsp3) is 0.556. The number of hydrogen-bond acceptors (Lipinski definition) is 10. The van der Waals surface area contributed by atoms with E-state index in [9.17, 15) is 26.3 Å². The second-order valence-electron chi connectivity index (χ2n) is 11.2. The Balaban J connectivity index is 1.48. The Morgan fingerprint density at radius 3 is 2.27 bits per heavy atom. The number of alkyl halides is 6. The smallest absolute Gasteiger partial charge is 0.420 e. The van der Waals surface area contributed by atoms with Crippen molar-refractivity contribution >= 4 is 34.1 Å². The number of rotatable bonds is 7. The van der Waals surface area contributed by atoms with Crippen molar-refractivity contribution in [1.29, 1.82) is 0 Å². The van der Waals surface area contributed by atoms with Crippen LogP contribution in [0.1, 0.15) is 24.0 Å². The fourth-order valence-corrected chi connectivity index (χ4v) is 5.94. The fourth-order valence-electron chi connectivity index (χ4n) is 5.63. The maximum Gasteiger partial charge on any atom is 0.420 e. The number of morpholine rings is 1. The molecule has 0 aromatic carbocycles. The molecule has 3 aliphatic rings. The second kappa shape index (κ2) is 11.6. The molecule has 0 radical (unpaired) electrons. The number of ether oxygens (including phenoxy) is 2. The summed E-state index contributed by atoms with van der Waals surface area (Å²) in [5, 5.41) is 2.18. The largest absolute Gasteiger partial charge is 0.463 e. The molecule has 238 valence electrons. The van der Waals surface area contributed by atoms with Crippen molar-refractivity contribution in [2.45, 2.75) is 25.2 Å². The summed E-state index contributed by atoms with van der Waals surface area (Å²) in [7, 11) is 0. The van der Waals surface area contributed by atoms with Crippen LogP contribution in [-0.4, -0.2) is 90.5 Å². The number of hydrogen-bond donors (Lipinski definition) is 2. The summed E-state index contributed by atoms with van der Waals surface area (Å²) in [6.07, 6.45) is -7.60. The van der Waals surface area contributed by atoms with E-state index in [1.165, 1.54) is 0 Å². The summed E-state index contributed by atoms with van der Waals surface area (Å²) >= 11 is 5.85. The van der Waals surface area contributed by atoms with Crippen LogP contribution in [0.4, 0.5) is 38.0 Å². The second-order valence-corrected chi connectivity index (χ2v) is 11.6. The summed E-state index contributed by atoms with van der Waals surface area (Å²) in [5.74, 6) is -0.361. The number of nitrogens with two attached hydrogens (primary N) is 1. The van der Waals surface area contributed by atoms with Gasteiger partial charge in [-0.15, -0.1) is 0 Å². The lowest BCUT2D eigenvalue weighted by atomic mass is 10.0. The summed E-state index contributed by atoms with van der Waals surface area (Å²) in [5.41, 5.74) is -0.583. The standard InChI is InChI=1S/C27H29ClF6N8O2/c28-16-11-17(35)38-22(18(16)26(29,30)31)21-19(27(32,33)34)20-15(12-37-21)23(42-5-3-36-4-6-42)40-24(39-20)44-14-25(1-2-25)13-41-7-9-43-10-8-41/h11-12,36H,1-10,13-14H2,(H2,35,38). The molecule has 3 aromatic heterocycles. The van der Waals surface area contributed by atoms with E-state index in [0.717, 1.165) is 44.7 Å². The highest BCUT2D eigenvalue weighted by Gasteiger charge is 2.46. The molecular formula is C27H29ClF6N8O2. The molecular weight excluding hydrogens is 618 g/mol. The lowest BCUT2D eigenvalue weighted by Crippen LogP contribution is -2.44. The van der Waals surface area contributed by atoms with Crippen molar-refractivity contribution < 1.29 is 35.8 Å². The van der Waals surface area contributed by atoms with E-state index in [1.54, 1.807) is 4.90 Å². The maximum atomic E-state index is 14.9. The number of fused-ring (bicyclic) bond motifs is 1. The molecule has 44 heavy (non-hydrogen) atoms. The van der Waals surface area contributed by atoms with Gasteiger partial charge in [0.2, 0.25) is 0 Å². The number of nitrogens with one attached hydrogen (secondary N) is 1. The monoisotopic (exact) mass is 646 g/mol. The molecule has 2 aliphatic heterocycles. The minimum absolute atomic E-state index is 0.0895. The van der Waals surface area contributed by atoms with E-state index >= 15 is 0 Å². The van der Waals surface area contributed by atoms with E-state index in [0.29, 0.717) is 39.4 Å². The number of anilines is 2. The lowest BCUT2D eigenvalue weighted by molar-refractivity contribution is -0.139. The number of piperazine rings is 1. The third-order valence-electron chi connectivity index (χ3n) is 8.03. The first-order chi connectivity index (χ1) is 20.8. The van der Waals surface area contributed by atoms with E-state index < -0.39 is 51.2 Å². The summed E-state index contributed by atoms with van der Waals surface area (Å²) in [6.45, 7) is 5.62. The minimum Gasteiger partial charge on any atom is -0.463 e. The Hall–Kier alpha value is -3.21. The summed E-state index contributed by atoms with van der Waals surface area (Å²) in [6, 6.07) is 0.417. The van der Waals surface area contributed by atoms with Crippen molar-refractivity contribution in [3.63, 3.8) is 0 Å². The van der Waals surface area contributed by atoms with Crippen molar-refractivity contribution in [2.75, 3.05) is 76.3 Å². The third-order valence-corrected chi connectivity index (χ3v) is 8.33. The number of nitrogens with zero attached hydrogens (tertiary/aromatic N) is 6. The quantitative estimate of drug-likeness (QED) is 0.361. The van der Waals surface area contributed by atoms with Gasteiger partial charge in [-0.3, -0.25) is 9.88 Å². The van der Waals surface area contributed by atoms with Crippen LogP contribution < -0.4 is 20.7 Å². The van der Waals surface area contributed by atoms with Gasteiger partial charge in [-0.1, -0.05) is 11.6 Å². The first kappa shape index (κ1) is 30.8. The van der Waals surface area contributed by atoms with E-state index in [1.807, 2.05) is 0 Å². The zero-order valence-electron chi connectivity index (χ0n) is 23.4. The van der Waals surface area contributed by atoms with Crippen LogP contribution in [0.5, 0.6) is 6.01 Å². The van der Waals surface area contributed by atoms with Gasteiger partial charge in [-0.05, 0) is 18.9 Å². The van der Waals surface area contributed by atoms with Gasteiger partial charge in [0.1, 0.15) is 34.2 Å². The van der Waals surface area contributed by atoms with Crippen LogP contribution in [0.3, 0.4) is 0 Å². The Morgan fingerprint density at radius 2 is 1.64 bits per heavy atom. The molecule has 1 saturated carbocycles. The zero-order chi connectivity index (χ0) is 31.3.